The van der Waals surface area contributed by atoms with E-state index in [4.69, 9.17) is 9.84 Å². The Bertz CT molecular complexity index is 840. The van der Waals surface area contributed by atoms with Crippen molar-refractivity contribution in [3.8, 4) is 28.3 Å². The molecule has 0 saturated carbocycles. The van der Waals surface area contributed by atoms with Crippen LogP contribution < -0.4 is 4.74 Å². The predicted molar refractivity (Wildman–Crippen MR) is 122 cm³/mol. The predicted octanol–water partition coefficient (Wildman–Crippen LogP) is 7.27. The molecule has 0 fully saturated rings. The average molecular weight is 391 g/mol. The number of hydrogen-bond acceptors (Lipinski definition) is 2. The Balaban J connectivity index is 1.67. The van der Waals surface area contributed by atoms with Crippen LogP contribution in [0.25, 0.3) is 22.5 Å². The van der Waals surface area contributed by atoms with Crippen molar-refractivity contribution >= 4 is 0 Å². The number of benzene rings is 2. The standard InChI is InChI=1S/C26H34N2O/c1-3-4-5-6-7-8-9-16-21-29-26-24(22-17-12-10-13-18-22)27-28(2)25(26)23-19-14-11-15-20-23/h10-15,17-20H,3-9,16,21H2,1-2H3. The summed E-state index contributed by atoms with van der Waals surface area (Å²) in [5.41, 5.74) is 4.20. The van der Waals surface area contributed by atoms with Crippen molar-refractivity contribution in [1.29, 1.82) is 0 Å². The zero-order chi connectivity index (χ0) is 20.3. The number of aromatic nitrogens is 2. The molecule has 3 rings (SSSR count). The van der Waals surface area contributed by atoms with Crippen molar-refractivity contribution in [1.82, 2.24) is 9.78 Å². The van der Waals surface area contributed by atoms with Gasteiger partial charge in [-0.3, -0.25) is 4.68 Å². The van der Waals surface area contributed by atoms with Crippen molar-refractivity contribution in [2.24, 2.45) is 7.05 Å². The zero-order valence-electron chi connectivity index (χ0n) is 17.9. The van der Waals surface area contributed by atoms with Gasteiger partial charge in [-0.2, -0.15) is 5.10 Å². The van der Waals surface area contributed by atoms with E-state index < -0.39 is 0 Å². The van der Waals surface area contributed by atoms with Crippen LogP contribution in [0.2, 0.25) is 0 Å². The van der Waals surface area contributed by atoms with Gasteiger partial charge in [0, 0.05) is 18.2 Å². The van der Waals surface area contributed by atoms with Gasteiger partial charge in [-0.25, -0.2) is 0 Å². The molecule has 3 heteroatoms. The molecule has 0 unspecified atom stereocenters. The minimum atomic E-state index is 0.736. The van der Waals surface area contributed by atoms with E-state index >= 15 is 0 Å². The summed E-state index contributed by atoms with van der Waals surface area (Å²) < 4.78 is 8.30. The fraction of sp³-hybridized carbons (Fsp3) is 0.423. The lowest BCUT2D eigenvalue weighted by Gasteiger charge is -2.10. The molecule has 1 heterocycles. The third-order valence-corrected chi connectivity index (χ3v) is 5.34. The van der Waals surface area contributed by atoms with E-state index in [1.165, 1.54) is 44.9 Å². The molecule has 0 saturated heterocycles. The molecule has 154 valence electrons. The monoisotopic (exact) mass is 390 g/mol. The average Bonchev–Trinajstić information content (AvgIpc) is 3.10. The maximum Gasteiger partial charge on any atom is 0.173 e. The molecule has 3 aromatic rings. The molecule has 1 aromatic heterocycles. The molecule has 3 nitrogen and oxygen atoms in total. The summed E-state index contributed by atoms with van der Waals surface area (Å²) >= 11 is 0. The second kappa shape index (κ2) is 11.5. The first-order valence-electron chi connectivity index (χ1n) is 11.1. The van der Waals surface area contributed by atoms with E-state index in [-0.39, 0.29) is 0 Å². The number of aryl methyl sites for hydroxylation is 1. The quantitative estimate of drug-likeness (QED) is 0.304. The van der Waals surface area contributed by atoms with Crippen LogP contribution in [-0.2, 0) is 7.05 Å². The lowest BCUT2D eigenvalue weighted by atomic mass is 10.1. The molecule has 0 atom stereocenters. The van der Waals surface area contributed by atoms with Gasteiger partial charge in [-0.15, -0.1) is 0 Å². The molecule has 0 amide bonds. The molecule has 0 aliphatic carbocycles. The van der Waals surface area contributed by atoms with E-state index in [0.29, 0.717) is 0 Å². The van der Waals surface area contributed by atoms with Gasteiger partial charge in [0.15, 0.2) is 5.75 Å². The number of nitrogens with zero attached hydrogens (tertiary/aromatic N) is 2. The molecular formula is C26H34N2O. The summed E-state index contributed by atoms with van der Waals surface area (Å²) in [5, 5.41) is 4.81. The van der Waals surface area contributed by atoms with Crippen molar-refractivity contribution in [3.05, 3.63) is 60.7 Å². The molecular weight excluding hydrogens is 356 g/mol. The normalized spacial score (nSPS) is 11.0. The van der Waals surface area contributed by atoms with Gasteiger partial charge >= 0.3 is 0 Å². The Morgan fingerprint density at radius 1 is 0.724 bits per heavy atom. The van der Waals surface area contributed by atoms with E-state index in [2.05, 4.69) is 55.5 Å². The summed E-state index contributed by atoms with van der Waals surface area (Å²) in [6.07, 6.45) is 10.4. The fourth-order valence-electron chi connectivity index (χ4n) is 3.75. The Labute approximate surface area is 175 Å². The zero-order valence-corrected chi connectivity index (χ0v) is 17.9. The molecule has 0 bridgehead atoms. The summed E-state index contributed by atoms with van der Waals surface area (Å²) in [7, 11) is 2.00. The second-order valence-electron chi connectivity index (χ2n) is 7.71. The van der Waals surface area contributed by atoms with E-state index in [1.807, 2.05) is 23.9 Å². The van der Waals surface area contributed by atoms with Gasteiger partial charge < -0.3 is 4.74 Å². The van der Waals surface area contributed by atoms with Gasteiger partial charge in [0.2, 0.25) is 0 Å². The summed E-state index contributed by atoms with van der Waals surface area (Å²) in [5.74, 6) is 0.896. The summed E-state index contributed by atoms with van der Waals surface area (Å²) in [6.45, 7) is 3.00. The van der Waals surface area contributed by atoms with Crippen LogP contribution in [0, 0.1) is 0 Å². The number of ether oxygens (including phenoxy) is 1. The number of rotatable bonds is 12. The van der Waals surface area contributed by atoms with Crippen molar-refractivity contribution < 1.29 is 4.74 Å². The third-order valence-electron chi connectivity index (χ3n) is 5.34. The number of unbranched alkanes of at least 4 members (excludes halogenated alkanes) is 7. The van der Waals surface area contributed by atoms with Gasteiger partial charge in [0.1, 0.15) is 11.4 Å². The van der Waals surface area contributed by atoms with Crippen LogP contribution in [-0.4, -0.2) is 16.4 Å². The smallest absolute Gasteiger partial charge is 0.173 e. The number of hydrogen-bond donors (Lipinski definition) is 0. The van der Waals surface area contributed by atoms with Gasteiger partial charge in [0.25, 0.3) is 0 Å². The van der Waals surface area contributed by atoms with Crippen LogP contribution in [0.4, 0.5) is 0 Å². The summed E-state index contributed by atoms with van der Waals surface area (Å²) in [4.78, 5) is 0. The SMILES string of the molecule is CCCCCCCCCCOc1c(-c2ccccc2)nn(C)c1-c1ccccc1. The van der Waals surface area contributed by atoms with Crippen LogP contribution in [0.15, 0.2) is 60.7 Å². The molecule has 2 aromatic carbocycles. The molecule has 0 aliphatic heterocycles. The highest BCUT2D eigenvalue weighted by Gasteiger charge is 2.20. The Morgan fingerprint density at radius 2 is 1.28 bits per heavy atom. The van der Waals surface area contributed by atoms with Gasteiger partial charge in [-0.1, -0.05) is 113 Å². The van der Waals surface area contributed by atoms with Crippen LogP contribution >= 0.6 is 0 Å². The van der Waals surface area contributed by atoms with Crippen molar-refractivity contribution in [2.75, 3.05) is 6.61 Å². The Hall–Kier alpha value is -2.55. The van der Waals surface area contributed by atoms with Crippen LogP contribution in [0.3, 0.4) is 0 Å². The van der Waals surface area contributed by atoms with Crippen LogP contribution in [0.1, 0.15) is 58.3 Å². The second-order valence-corrected chi connectivity index (χ2v) is 7.71. The molecule has 0 radical (unpaired) electrons. The molecule has 0 aliphatic rings. The molecule has 0 N–H and O–H groups in total. The highest BCUT2D eigenvalue weighted by atomic mass is 16.5. The fourth-order valence-corrected chi connectivity index (χ4v) is 3.75. The van der Waals surface area contributed by atoms with Crippen LogP contribution in [0.5, 0.6) is 5.75 Å². The van der Waals surface area contributed by atoms with E-state index in [1.54, 1.807) is 0 Å². The lowest BCUT2D eigenvalue weighted by molar-refractivity contribution is 0.306. The summed E-state index contributed by atoms with van der Waals surface area (Å²) in [6, 6.07) is 20.7. The highest BCUT2D eigenvalue weighted by molar-refractivity contribution is 5.78. The van der Waals surface area contributed by atoms with E-state index in [0.717, 1.165) is 41.3 Å². The highest BCUT2D eigenvalue weighted by Crippen LogP contribution is 2.38. The van der Waals surface area contributed by atoms with Crippen molar-refractivity contribution in [3.63, 3.8) is 0 Å². The van der Waals surface area contributed by atoms with Crippen molar-refractivity contribution in [2.45, 2.75) is 58.3 Å². The topological polar surface area (TPSA) is 27.1 Å². The minimum absolute atomic E-state index is 0.736. The van der Waals surface area contributed by atoms with E-state index in [9.17, 15) is 0 Å². The largest absolute Gasteiger partial charge is 0.489 e. The third kappa shape index (κ3) is 5.96. The Kier molecular flexibility index (Phi) is 8.36. The lowest BCUT2D eigenvalue weighted by Crippen LogP contribution is -2.00. The molecule has 29 heavy (non-hydrogen) atoms. The maximum absolute atomic E-state index is 6.36. The first-order valence-corrected chi connectivity index (χ1v) is 11.1. The maximum atomic E-state index is 6.36. The first kappa shape index (κ1) is 21.2. The van der Waals surface area contributed by atoms with Gasteiger partial charge in [-0.05, 0) is 6.42 Å². The Morgan fingerprint density at radius 3 is 1.90 bits per heavy atom. The van der Waals surface area contributed by atoms with Gasteiger partial charge in [0.05, 0.1) is 6.61 Å². The molecule has 0 spiro atoms. The first-order chi connectivity index (χ1) is 14.3. The minimum Gasteiger partial charge on any atom is -0.489 e.